The Hall–Kier alpha value is -1.52. The fraction of sp³-hybridized carbons (Fsp3) is 0.143. The van der Waals surface area contributed by atoms with Gasteiger partial charge in [0.25, 0.3) is 0 Å². The Morgan fingerprint density at radius 3 is 2.84 bits per heavy atom. The molecule has 0 unspecified atom stereocenters. The zero-order valence-electron chi connectivity index (χ0n) is 10.3. The summed E-state index contributed by atoms with van der Waals surface area (Å²) in [6, 6.07) is 11.0. The van der Waals surface area contributed by atoms with E-state index in [4.69, 9.17) is 16.7 Å². The first-order valence-electron chi connectivity index (χ1n) is 5.64. The number of hydrogen-bond acceptors (Lipinski definition) is 3. The SMILES string of the molecule is Cc1cccc(CSc2nc(Cl)ccc2C(=O)O)c1. The molecule has 98 valence electrons. The van der Waals surface area contributed by atoms with E-state index >= 15 is 0 Å². The lowest BCUT2D eigenvalue weighted by atomic mass is 10.2. The van der Waals surface area contributed by atoms with E-state index in [-0.39, 0.29) is 5.56 Å². The summed E-state index contributed by atoms with van der Waals surface area (Å²) >= 11 is 7.19. The lowest BCUT2D eigenvalue weighted by molar-refractivity contribution is 0.0692. The van der Waals surface area contributed by atoms with E-state index in [1.54, 1.807) is 0 Å². The van der Waals surface area contributed by atoms with Gasteiger partial charge in [-0.2, -0.15) is 0 Å². The lowest BCUT2D eigenvalue weighted by Crippen LogP contribution is -2.01. The van der Waals surface area contributed by atoms with Crippen molar-refractivity contribution in [3.05, 3.63) is 58.2 Å². The molecule has 1 aromatic heterocycles. The predicted octanol–water partition coefficient (Wildman–Crippen LogP) is 4.03. The molecule has 0 saturated heterocycles. The number of carboxylic acids is 1. The Morgan fingerprint density at radius 1 is 1.37 bits per heavy atom. The minimum atomic E-state index is -0.990. The fourth-order valence-electron chi connectivity index (χ4n) is 1.64. The van der Waals surface area contributed by atoms with E-state index in [0.29, 0.717) is 15.9 Å². The predicted molar refractivity (Wildman–Crippen MR) is 76.9 cm³/mol. The van der Waals surface area contributed by atoms with Crippen molar-refractivity contribution in [3.8, 4) is 0 Å². The van der Waals surface area contributed by atoms with Gasteiger partial charge in [0.15, 0.2) is 0 Å². The molecule has 2 rings (SSSR count). The van der Waals surface area contributed by atoms with Gasteiger partial charge in [0, 0.05) is 5.75 Å². The number of halogens is 1. The van der Waals surface area contributed by atoms with Gasteiger partial charge >= 0.3 is 5.97 Å². The highest BCUT2D eigenvalue weighted by Gasteiger charge is 2.12. The zero-order valence-corrected chi connectivity index (χ0v) is 11.8. The van der Waals surface area contributed by atoms with Crippen LogP contribution in [-0.2, 0) is 5.75 Å². The molecule has 5 heteroatoms. The molecule has 1 N–H and O–H groups in total. The van der Waals surface area contributed by atoms with Crippen molar-refractivity contribution < 1.29 is 9.90 Å². The number of aromatic carboxylic acids is 1. The third kappa shape index (κ3) is 3.72. The molecular weight excluding hydrogens is 282 g/mol. The van der Waals surface area contributed by atoms with Gasteiger partial charge in [-0.1, -0.05) is 41.4 Å². The largest absolute Gasteiger partial charge is 0.478 e. The molecule has 2 aromatic rings. The molecule has 0 bridgehead atoms. The van der Waals surface area contributed by atoms with E-state index in [9.17, 15) is 4.79 Å². The standard InChI is InChI=1S/C14H12ClNO2S/c1-9-3-2-4-10(7-9)8-19-13-11(14(17)18)5-6-12(15)16-13/h2-7H,8H2,1H3,(H,17,18). The topological polar surface area (TPSA) is 50.2 Å². The number of carbonyl (C=O) groups is 1. The summed E-state index contributed by atoms with van der Waals surface area (Å²) in [5.41, 5.74) is 2.49. The summed E-state index contributed by atoms with van der Waals surface area (Å²) < 4.78 is 0. The van der Waals surface area contributed by atoms with E-state index in [1.165, 1.54) is 29.5 Å². The van der Waals surface area contributed by atoms with Crippen LogP contribution in [0.15, 0.2) is 41.4 Å². The second-order valence-corrected chi connectivity index (χ2v) is 5.42. The molecule has 0 aliphatic rings. The molecule has 0 amide bonds. The normalized spacial score (nSPS) is 10.4. The quantitative estimate of drug-likeness (QED) is 0.683. The third-order valence-electron chi connectivity index (χ3n) is 2.51. The molecule has 1 heterocycles. The number of aromatic nitrogens is 1. The van der Waals surface area contributed by atoms with Crippen molar-refractivity contribution in [2.24, 2.45) is 0 Å². The average Bonchev–Trinajstić information content (AvgIpc) is 2.36. The Balaban J connectivity index is 2.19. The second kappa shape index (κ2) is 6.08. The fourth-order valence-corrected chi connectivity index (χ4v) is 2.80. The number of thioether (sulfide) groups is 1. The van der Waals surface area contributed by atoms with Crippen molar-refractivity contribution >= 4 is 29.3 Å². The highest BCUT2D eigenvalue weighted by atomic mass is 35.5. The highest BCUT2D eigenvalue weighted by molar-refractivity contribution is 7.98. The van der Waals surface area contributed by atoms with Gasteiger partial charge < -0.3 is 5.11 Å². The molecule has 19 heavy (non-hydrogen) atoms. The number of carboxylic acid groups (broad SMARTS) is 1. The van der Waals surface area contributed by atoms with Crippen molar-refractivity contribution in [3.63, 3.8) is 0 Å². The third-order valence-corrected chi connectivity index (χ3v) is 3.79. The average molecular weight is 294 g/mol. The zero-order chi connectivity index (χ0) is 13.8. The molecule has 0 aliphatic heterocycles. The highest BCUT2D eigenvalue weighted by Crippen LogP contribution is 2.26. The molecule has 0 atom stereocenters. The van der Waals surface area contributed by atoms with Crippen LogP contribution in [-0.4, -0.2) is 16.1 Å². The monoisotopic (exact) mass is 293 g/mol. The van der Waals surface area contributed by atoms with Crippen LogP contribution in [0.4, 0.5) is 0 Å². The Kier molecular flexibility index (Phi) is 4.45. The molecular formula is C14H12ClNO2S. The van der Waals surface area contributed by atoms with Crippen LogP contribution >= 0.6 is 23.4 Å². The van der Waals surface area contributed by atoms with Crippen LogP contribution in [0, 0.1) is 6.92 Å². The summed E-state index contributed by atoms with van der Waals surface area (Å²) in [5, 5.41) is 9.85. The summed E-state index contributed by atoms with van der Waals surface area (Å²) in [5.74, 6) is -0.328. The lowest BCUT2D eigenvalue weighted by Gasteiger charge is -2.06. The van der Waals surface area contributed by atoms with E-state index < -0.39 is 5.97 Å². The first-order chi connectivity index (χ1) is 9.06. The number of hydrogen-bond donors (Lipinski definition) is 1. The van der Waals surface area contributed by atoms with Crippen molar-refractivity contribution in [2.45, 2.75) is 17.7 Å². The van der Waals surface area contributed by atoms with Crippen LogP contribution in [0.2, 0.25) is 5.15 Å². The maximum atomic E-state index is 11.1. The number of aryl methyl sites for hydroxylation is 1. The van der Waals surface area contributed by atoms with E-state index in [2.05, 4.69) is 11.1 Å². The van der Waals surface area contributed by atoms with Crippen molar-refractivity contribution in [1.82, 2.24) is 4.98 Å². The Morgan fingerprint density at radius 2 is 2.16 bits per heavy atom. The molecule has 0 saturated carbocycles. The number of rotatable bonds is 4. The van der Waals surface area contributed by atoms with Crippen LogP contribution in [0.25, 0.3) is 0 Å². The first kappa shape index (κ1) is 13.9. The maximum Gasteiger partial charge on any atom is 0.338 e. The molecule has 0 aliphatic carbocycles. The summed E-state index contributed by atoms with van der Waals surface area (Å²) in [6.45, 7) is 2.02. The van der Waals surface area contributed by atoms with Crippen LogP contribution < -0.4 is 0 Å². The van der Waals surface area contributed by atoms with Gasteiger partial charge in [-0.25, -0.2) is 9.78 Å². The first-order valence-corrected chi connectivity index (χ1v) is 7.01. The molecule has 0 fully saturated rings. The Labute approximate surface area is 120 Å². The van der Waals surface area contributed by atoms with Crippen molar-refractivity contribution in [2.75, 3.05) is 0 Å². The van der Waals surface area contributed by atoms with Crippen LogP contribution in [0.3, 0.4) is 0 Å². The maximum absolute atomic E-state index is 11.1. The minimum Gasteiger partial charge on any atom is -0.478 e. The molecule has 0 spiro atoms. The van der Waals surface area contributed by atoms with Crippen molar-refractivity contribution in [1.29, 1.82) is 0 Å². The number of pyridine rings is 1. The van der Waals surface area contributed by atoms with E-state index in [0.717, 1.165) is 5.56 Å². The van der Waals surface area contributed by atoms with Gasteiger partial charge in [-0.05, 0) is 24.6 Å². The van der Waals surface area contributed by atoms with E-state index in [1.807, 2.05) is 25.1 Å². The van der Waals surface area contributed by atoms with Gasteiger partial charge in [-0.15, -0.1) is 11.8 Å². The summed E-state index contributed by atoms with van der Waals surface area (Å²) in [7, 11) is 0. The van der Waals surface area contributed by atoms with Gasteiger partial charge in [0.05, 0.1) is 5.56 Å². The molecule has 1 aromatic carbocycles. The summed E-state index contributed by atoms with van der Waals surface area (Å²) in [6.07, 6.45) is 0. The van der Waals surface area contributed by atoms with Gasteiger partial charge in [0.1, 0.15) is 10.2 Å². The Bertz CT molecular complexity index is 616. The van der Waals surface area contributed by atoms with Gasteiger partial charge in [0.2, 0.25) is 0 Å². The second-order valence-electron chi connectivity index (χ2n) is 4.07. The minimum absolute atomic E-state index is 0.182. The smallest absolute Gasteiger partial charge is 0.338 e. The van der Waals surface area contributed by atoms with Gasteiger partial charge in [-0.3, -0.25) is 0 Å². The number of nitrogens with zero attached hydrogens (tertiary/aromatic N) is 1. The van der Waals surface area contributed by atoms with Crippen LogP contribution in [0.1, 0.15) is 21.5 Å². The van der Waals surface area contributed by atoms with Crippen LogP contribution in [0.5, 0.6) is 0 Å². The number of benzene rings is 1. The molecule has 3 nitrogen and oxygen atoms in total. The summed E-state index contributed by atoms with van der Waals surface area (Å²) in [4.78, 5) is 15.2. The molecule has 0 radical (unpaired) electrons.